The standard InChI is InChI=1S/C12H19BrN4O/c1-14-11-15-7-9(13)10(16-11)17(2)8-12(18)5-3-4-6-12/h7,18H,3-6,8H2,1-2H3,(H,14,15,16). The van der Waals surface area contributed by atoms with Gasteiger partial charge in [-0.1, -0.05) is 12.8 Å². The summed E-state index contributed by atoms with van der Waals surface area (Å²) in [5, 5.41) is 13.3. The van der Waals surface area contributed by atoms with E-state index in [-0.39, 0.29) is 0 Å². The van der Waals surface area contributed by atoms with Crippen molar-refractivity contribution in [2.24, 2.45) is 0 Å². The van der Waals surface area contributed by atoms with Crippen LogP contribution in [0.4, 0.5) is 11.8 Å². The van der Waals surface area contributed by atoms with E-state index < -0.39 is 5.60 Å². The second kappa shape index (κ2) is 5.40. The Morgan fingerprint density at radius 2 is 2.17 bits per heavy atom. The highest BCUT2D eigenvalue weighted by molar-refractivity contribution is 9.10. The maximum Gasteiger partial charge on any atom is 0.224 e. The Labute approximate surface area is 116 Å². The molecule has 2 rings (SSSR count). The molecule has 1 aliphatic carbocycles. The summed E-state index contributed by atoms with van der Waals surface area (Å²) in [5.41, 5.74) is -0.570. The van der Waals surface area contributed by atoms with Gasteiger partial charge in [-0.05, 0) is 28.8 Å². The average molecular weight is 315 g/mol. The van der Waals surface area contributed by atoms with Crippen LogP contribution in [0.15, 0.2) is 10.7 Å². The van der Waals surface area contributed by atoms with Gasteiger partial charge >= 0.3 is 0 Å². The molecule has 5 nitrogen and oxygen atoms in total. The molecule has 0 bridgehead atoms. The smallest absolute Gasteiger partial charge is 0.224 e. The molecule has 0 aliphatic heterocycles. The maximum absolute atomic E-state index is 10.4. The largest absolute Gasteiger partial charge is 0.388 e. The zero-order valence-electron chi connectivity index (χ0n) is 10.8. The number of aliphatic hydroxyl groups is 1. The zero-order chi connectivity index (χ0) is 13.2. The van der Waals surface area contributed by atoms with E-state index in [1.807, 2.05) is 11.9 Å². The molecule has 0 spiro atoms. The van der Waals surface area contributed by atoms with Crippen molar-refractivity contribution in [2.45, 2.75) is 31.3 Å². The molecule has 2 N–H and O–H groups in total. The van der Waals surface area contributed by atoms with E-state index in [0.29, 0.717) is 12.5 Å². The molecule has 18 heavy (non-hydrogen) atoms. The molecule has 0 amide bonds. The Balaban J connectivity index is 2.14. The summed E-state index contributed by atoms with van der Waals surface area (Å²) < 4.78 is 0.839. The Morgan fingerprint density at radius 3 is 2.78 bits per heavy atom. The van der Waals surface area contributed by atoms with Crippen LogP contribution in [-0.4, -0.2) is 41.3 Å². The molecular formula is C12H19BrN4O. The SMILES string of the molecule is CNc1ncc(Br)c(N(C)CC2(O)CCCC2)n1. The predicted molar refractivity (Wildman–Crippen MR) is 76.0 cm³/mol. The van der Waals surface area contributed by atoms with Gasteiger partial charge < -0.3 is 15.3 Å². The molecule has 1 heterocycles. The van der Waals surface area contributed by atoms with E-state index in [2.05, 4.69) is 31.2 Å². The summed E-state index contributed by atoms with van der Waals surface area (Å²) in [6, 6.07) is 0. The summed E-state index contributed by atoms with van der Waals surface area (Å²) in [6.07, 6.45) is 5.69. The first-order chi connectivity index (χ1) is 8.54. The lowest BCUT2D eigenvalue weighted by Gasteiger charge is -2.29. The minimum Gasteiger partial charge on any atom is -0.388 e. The van der Waals surface area contributed by atoms with Gasteiger partial charge in [-0.25, -0.2) is 4.98 Å². The predicted octanol–water partition coefficient (Wildman–Crippen LogP) is 2.02. The second-order valence-electron chi connectivity index (χ2n) is 4.90. The maximum atomic E-state index is 10.4. The van der Waals surface area contributed by atoms with Crippen LogP contribution in [0.3, 0.4) is 0 Å². The first-order valence-corrected chi connectivity index (χ1v) is 6.97. The number of aromatic nitrogens is 2. The van der Waals surface area contributed by atoms with E-state index in [4.69, 9.17) is 0 Å². The zero-order valence-corrected chi connectivity index (χ0v) is 12.4. The fourth-order valence-electron chi connectivity index (χ4n) is 2.45. The van der Waals surface area contributed by atoms with Crippen LogP contribution in [0, 0.1) is 0 Å². The summed E-state index contributed by atoms with van der Waals surface area (Å²) >= 11 is 3.45. The van der Waals surface area contributed by atoms with Crippen LogP contribution < -0.4 is 10.2 Å². The van der Waals surface area contributed by atoms with Gasteiger partial charge in [-0.15, -0.1) is 0 Å². The minimum atomic E-state index is -0.570. The summed E-state index contributed by atoms with van der Waals surface area (Å²) in [4.78, 5) is 10.5. The quantitative estimate of drug-likeness (QED) is 0.890. The molecule has 100 valence electrons. The average Bonchev–Trinajstić information content (AvgIpc) is 2.76. The molecule has 6 heteroatoms. The Hall–Kier alpha value is -0.880. The number of halogens is 1. The van der Waals surface area contributed by atoms with Gasteiger partial charge in [0.25, 0.3) is 0 Å². The molecule has 1 aromatic heterocycles. The van der Waals surface area contributed by atoms with Gasteiger partial charge in [-0.3, -0.25) is 0 Å². The topological polar surface area (TPSA) is 61.3 Å². The fraction of sp³-hybridized carbons (Fsp3) is 0.667. The molecule has 0 unspecified atom stereocenters. The van der Waals surface area contributed by atoms with Gasteiger partial charge in [-0.2, -0.15) is 4.98 Å². The third-order valence-corrected chi connectivity index (χ3v) is 3.94. The summed E-state index contributed by atoms with van der Waals surface area (Å²) in [6.45, 7) is 0.603. The number of nitrogens with zero attached hydrogens (tertiary/aromatic N) is 3. The minimum absolute atomic E-state index is 0.570. The van der Waals surface area contributed by atoms with Gasteiger partial charge in [0, 0.05) is 26.8 Å². The van der Waals surface area contributed by atoms with Crippen LogP contribution >= 0.6 is 15.9 Å². The Kier molecular flexibility index (Phi) is 4.07. The molecule has 0 aromatic carbocycles. The Morgan fingerprint density at radius 1 is 1.50 bits per heavy atom. The lowest BCUT2D eigenvalue weighted by atomic mass is 10.0. The molecule has 0 radical (unpaired) electrons. The number of likely N-dealkylation sites (N-methyl/N-ethyl adjacent to an activating group) is 1. The highest BCUT2D eigenvalue weighted by Gasteiger charge is 2.33. The highest BCUT2D eigenvalue weighted by atomic mass is 79.9. The van der Waals surface area contributed by atoms with E-state index in [9.17, 15) is 5.11 Å². The van der Waals surface area contributed by atoms with Crippen molar-refractivity contribution in [3.05, 3.63) is 10.7 Å². The molecule has 0 saturated heterocycles. The number of anilines is 2. The third-order valence-electron chi connectivity index (χ3n) is 3.38. The summed E-state index contributed by atoms with van der Waals surface area (Å²) in [5.74, 6) is 1.38. The normalized spacial score (nSPS) is 17.8. The van der Waals surface area contributed by atoms with Crippen molar-refractivity contribution in [3.8, 4) is 0 Å². The van der Waals surface area contributed by atoms with Crippen molar-refractivity contribution in [3.63, 3.8) is 0 Å². The van der Waals surface area contributed by atoms with Crippen molar-refractivity contribution < 1.29 is 5.11 Å². The highest BCUT2D eigenvalue weighted by Crippen LogP contribution is 2.32. The van der Waals surface area contributed by atoms with E-state index >= 15 is 0 Å². The number of hydrogen-bond donors (Lipinski definition) is 2. The summed E-state index contributed by atoms with van der Waals surface area (Å²) in [7, 11) is 3.74. The van der Waals surface area contributed by atoms with E-state index in [0.717, 1.165) is 36.0 Å². The first-order valence-electron chi connectivity index (χ1n) is 6.18. The van der Waals surface area contributed by atoms with Crippen LogP contribution in [0.25, 0.3) is 0 Å². The van der Waals surface area contributed by atoms with Crippen LogP contribution in [0.5, 0.6) is 0 Å². The molecular weight excluding hydrogens is 296 g/mol. The van der Waals surface area contributed by atoms with Gasteiger partial charge in [0.1, 0.15) is 5.82 Å². The van der Waals surface area contributed by atoms with Crippen molar-refractivity contribution in [1.29, 1.82) is 0 Å². The molecule has 1 saturated carbocycles. The van der Waals surface area contributed by atoms with Crippen LogP contribution in [-0.2, 0) is 0 Å². The fourth-order valence-corrected chi connectivity index (χ4v) is 2.95. The monoisotopic (exact) mass is 314 g/mol. The second-order valence-corrected chi connectivity index (χ2v) is 5.76. The van der Waals surface area contributed by atoms with Gasteiger partial charge in [0.05, 0.1) is 10.1 Å². The van der Waals surface area contributed by atoms with Crippen molar-refractivity contribution in [2.75, 3.05) is 30.9 Å². The van der Waals surface area contributed by atoms with Crippen LogP contribution in [0.1, 0.15) is 25.7 Å². The number of nitrogens with one attached hydrogen (secondary N) is 1. The lowest BCUT2D eigenvalue weighted by molar-refractivity contribution is 0.0557. The van der Waals surface area contributed by atoms with Crippen molar-refractivity contribution in [1.82, 2.24) is 9.97 Å². The van der Waals surface area contributed by atoms with Gasteiger partial charge in [0.2, 0.25) is 5.95 Å². The van der Waals surface area contributed by atoms with Gasteiger partial charge in [0.15, 0.2) is 0 Å². The molecule has 0 atom stereocenters. The van der Waals surface area contributed by atoms with E-state index in [1.54, 1.807) is 13.2 Å². The molecule has 1 fully saturated rings. The lowest BCUT2D eigenvalue weighted by Crippen LogP contribution is -2.39. The third kappa shape index (κ3) is 2.92. The van der Waals surface area contributed by atoms with Crippen LogP contribution in [0.2, 0.25) is 0 Å². The molecule has 1 aliphatic rings. The Bertz CT molecular complexity index is 421. The van der Waals surface area contributed by atoms with E-state index in [1.165, 1.54) is 0 Å². The molecule has 1 aromatic rings. The number of hydrogen-bond acceptors (Lipinski definition) is 5. The number of rotatable bonds is 4. The van der Waals surface area contributed by atoms with Crippen molar-refractivity contribution >= 4 is 27.7 Å². The first kappa shape index (κ1) is 13.5.